The van der Waals surface area contributed by atoms with Crippen LogP contribution in [0, 0.1) is 0 Å². The van der Waals surface area contributed by atoms with Crippen LogP contribution in [0.3, 0.4) is 0 Å². The molecule has 0 aliphatic carbocycles. The molecule has 2 heterocycles. The van der Waals surface area contributed by atoms with E-state index in [2.05, 4.69) is 15.1 Å². The molecule has 0 saturated heterocycles. The smallest absolute Gasteiger partial charge is 0.213 e. The maximum absolute atomic E-state index is 6.29. The Morgan fingerprint density at radius 3 is 2.95 bits per heavy atom. The van der Waals surface area contributed by atoms with Gasteiger partial charge in [-0.2, -0.15) is 4.98 Å². The zero-order valence-corrected chi connectivity index (χ0v) is 12.3. The van der Waals surface area contributed by atoms with Gasteiger partial charge in [-0.1, -0.05) is 22.8 Å². The zero-order valence-electron chi connectivity index (χ0n) is 10.8. The van der Waals surface area contributed by atoms with Crippen LogP contribution in [0.1, 0.15) is 23.9 Å². The van der Waals surface area contributed by atoms with Crippen molar-refractivity contribution in [2.24, 2.45) is 0 Å². The molecular weight excluding hydrogens is 299 g/mol. The van der Waals surface area contributed by atoms with E-state index in [1.54, 1.807) is 0 Å². The Morgan fingerprint density at radius 1 is 1.40 bits per heavy atom. The van der Waals surface area contributed by atoms with E-state index in [-0.39, 0.29) is 5.38 Å². The normalized spacial score (nSPS) is 12.9. The van der Waals surface area contributed by atoms with Crippen LogP contribution in [-0.4, -0.2) is 19.7 Å². The van der Waals surface area contributed by atoms with Crippen LogP contribution in [0.4, 0.5) is 0 Å². The van der Waals surface area contributed by atoms with E-state index in [0.717, 1.165) is 16.9 Å². The van der Waals surface area contributed by atoms with Gasteiger partial charge in [0.25, 0.3) is 0 Å². The first-order valence-electron chi connectivity index (χ1n) is 6.21. The Morgan fingerprint density at radius 2 is 2.25 bits per heavy atom. The molecule has 0 amide bonds. The second kappa shape index (κ2) is 5.42. The van der Waals surface area contributed by atoms with Crippen LogP contribution >= 0.6 is 23.2 Å². The average Bonchev–Trinajstić information content (AvgIpc) is 3.03. The molecule has 0 aliphatic heterocycles. The monoisotopic (exact) mass is 310 g/mol. The molecule has 5 nitrogen and oxygen atoms in total. The zero-order chi connectivity index (χ0) is 14.1. The summed E-state index contributed by atoms with van der Waals surface area (Å²) in [5, 5.41) is 4.26. The SMILES string of the molecule is CC(Cl)c1nc2cccc(Cl)c2n1CCc1ncon1. The van der Waals surface area contributed by atoms with E-state index in [4.69, 9.17) is 27.7 Å². The highest BCUT2D eigenvalue weighted by atomic mass is 35.5. The Kier molecular flexibility index (Phi) is 3.63. The van der Waals surface area contributed by atoms with Gasteiger partial charge in [0, 0.05) is 13.0 Å². The molecule has 2 aromatic heterocycles. The van der Waals surface area contributed by atoms with Gasteiger partial charge in [0.2, 0.25) is 6.39 Å². The number of halogens is 2. The van der Waals surface area contributed by atoms with Crippen molar-refractivity contribution in [1.29, 1.82) is 0 Å². The van der Waals surface area contributed by atoms with Crippen molar-refractivity contribution in [2.75, 3.05) is 0 Å². The van der Waals surface area contributed by atoms with Gasteiger partial charge >= 0.3 is 0 Å². The Labute approximate surface area is 125 Å². The van der Waals surface area contributed by atoms with Crippen LogP contribution in [0.2, 0.25) is 5.02 Å². The number of fused-ring (bicyclic) bond motifs is 1. The summed E-state index contributed by atoms with van der Waals surface area (Å²) >= 11 is 12.5. The second-order valence-corrected chi connectivity index (χ2v) is 5.50. The average molecular weight is 311 g/mol. The molecular formula is C13H12Cl2N4O. The Balaban J connectivity index is 2.04. The maximum atomic E-state index is 6.29. The van der Waals surface area contributed by atoms with Crippen molar-refractivity contribution in [3.05, 3.63) is 41.3 Å². The highest BCUT2D eigenvalue weighted by Crippen LogP contribution is 2.29. The van der Waals surface area contributed by atoms with Gasteiger partial charge in [-0.25, -0.2) is 4.98 Å². The third kappa shape index (κ3) is 2.39. The molecule has 7 heteroatoms. The summed E-state index contributed by atoms with van der Waals surface area (Å²) < 4.78 is 6.75. The molecule has 3 aromatic rings. The minimum absolute atomic E-state index is 0.205. The Bertz CT molecular complexity index is 721. The van der Waals surface area contributed by atoms with Crippen LogP contribution in [0.25, 0.3) is 11.0 Å². The fourth-order valence-corrected chi connectivity index (χ4v) is 2.64. The molecule has 0 aliphatic rings. The molecule has 3 rings (SSSR count). The highest BCUT2D eigenvalue weighted by Gasteiger charge is 2.17. The first-order chi connectivity index (χ1) is 9.66. The van der Waals surface area contributed by atoms with Gasteiger partial charge in [-0.3, -0.25) is 0 Å². The largest absolute Gasteiger partial charge is 0.343 e. The van der Waals surface area contributed by atoms with Gasteiger partial charge < -0.3 is 9.09 Å². The number of benzene rings is 1. The first-order valence-corrected chi connectivity index (χ1v) is 7.02. The van der Waals surface area contributed by atoms with Crippen molar-refractivity contribution in [1.82, 2.24) is 19.7 Å². The van der Waals surface area contributed by atoms with Gasteiger partial charge in [-0.15, -0.1) is 11.6 Å². The minimum Gasteiger partial charge on any atom is -0.343 e. The van der Waals surface area contributed by atoms with E-state index in [1.807, 2.05) is 29.7 Å². The van der Waals surface area contributed by atoms with E-state index >= 15 is 0 Å². The number of aryl methyl sites for hydroxylation is 2. The van der Waals surface area contributed by atoms with Crippen LogP contribution in [0.5, 0.6) is 0 Å². The third-order valence-electron chi connectivity index (χ3n) is 3.07. The van der Waals surface area contributed by atoms with Crippen molar-refractivity contribution >= 4 is 34.2 Å². The molecule has 1 atom stereocenters. The summed E-state index contributed by atoms with van der Waals surface area (Å²) in [6.45, 7) is 2.54. The fraction of sp³-hybridized carbons (Fsp3) is 0.308. The molecule has 0 bridgehead atoms. The summed E-state index contributed by atoms with van der Waals surface area (Å²) in [5.74, 6) is 1.44. The molecule has 20 heavy (non-hydrogen) atoms. The predicted molar refractivity (Wildman–Crippen MR) is 77.0 cm³/mol. The minimum atomic E-state index is -0.205. The molecule has 1 unspecified atom stereocenters. The number of hydrogen-bond donors (Lipinski definition) is 0. The van der Waals surface area contributed by atoms with Crippen molar-refractivity contribution in [2.45, 2.75) is 25.3 Å². The summed E-state index contributed by atoms with van der Waals surface area (Å²) in [7, 11) is 0. The van der Waals surface area contributed by atoms with Crippen LogP contribution in [-0.2, 0) is 13.0 Å². The van der Waals surface area contributed by atoms with Crippen molar-refractivity contribution < 1.29 is 4.52 Å². The van der Waals surface area contributed by atoms with E-state index < -0.39 is 0 Å². The lowest BCUT2D eigenvalue weighted by Crippen LogP contribution is -2.07. The number of rotatable bonds is 4. The molecule has 104 valence electrons. The molecule has 0 spiro atoms. The van der Waals surface area contributed by atoms with Crippen LogP contribution in [0.15, 0.2) is 29.1 Å². The summed E-state index contributed by atoms with van der Waals surface area (Å²) in [4.78, 5) is 8.57. The number of para-hydroxylation sites is 1. The van der Waals surface area contributed by atoms with Gasteiger partial charge in [0.05, 0.1) is 21.4 Å². The lowest BCUT2D eigenvalue weighted by atomic mass is 10.3. The lowest BCUT2D eigenvalue weighted by molar-refractivity contribution is 0.408. The molecule has 0 radical (unpaired) electrons. The fourth-order valence-electron chi connectivity index (χ4n) is 2.20. The summed E-state index contributed by atoms with van der Waals surface area (Å²) in [6.07, 6.45) is 1.95. The predicted octanol–water partition coefficient (Wildman–Crippen LogP) is 3.62. The molecule has 0 fully saturated rings. The van der Waals surface area contributed by atoms with Gasteiger partial charge in [-0.05, 0) is 19.1 Å². The van der Waals surface area contributed by atoms with E-state index in [9.17, 15) is 0 Å². The van der Waals surface area contributed by atoms with Crippen molar-refractivity contribution in [3.8, 4) is 0 Å². The topological polar surface area (TPSA) is 56.7 Å². The number of nitrogens with zero attached hydrogens (tertiary/aromatic N) is 4. The first kappa shape index (κ1) is 13.4. The van der Waals surface area contributed by atoms with Gasteiger partial charge in [0.1, 0.15) is 5.82 Å². The number of alkyl halides is 1. The number of imidazole rings is 1. The quantitative estimate of drug-likeness (QED) is 0.691. The lowest BCUT2D eigenvalue weighted by Gasteiger charge is -2.09. The molecule has 1 aromatic carbocycles. The maximum Gasteiger partial charge on any atom is 0.213 e. The third-order valence-corrected chi connectivity index (χ3v) is 3.57. The van der Waals surface area contributed by atoms with E-state index in [1.165, 1.54) is 6.39 Å². The van der Waals surface area contributed by atoms with Crippen LogP contribution < -0.4 is 0 Å². The number of aromatic nitrogens is 4. The highest BCUT2D eigenvalue weighted by molar-refractivity contribution is 6.35. The number of hydrogen-bond acceptors (Lipinski definition) is 4. The van der Waals surface area contributed by atoms with Gasteiger partial charge in [0.15, 0.2) is 5.82 Å². The van der Waals surface area contributed by atoms with E-state index in [0.29, 0.717) is 23.8 Å². The standard InChI is InChI=1S/C13H12Cl2N4O/c1-8(14)13-17-10-4-2-3-9(15)12(10)19(13)6-5-11-16-7-20-18-11/h2-4,7-8H,5-6H2,1H3. The second-order valence-electron chi connectivity index (χ2n) is 4.44. The summed E-state index contributed by atoms with van der Waals surface area (Å²) in [6, 6.07) is 5.65. The molecule has 0 N–H and O–H groups in total. The Hall–Kier alpha value is -1.59. The summed E-state index contributed by atoms with van der Waals surface area (Å²) in [5.41, 5.74) is 1.73. The van der Waals surface area contributed by atoms with Crippen molar-refractivity contribution in [3.63, 3.8) is 0 Å². The molecule has 0 saturated carbocycles.